The number of methoxy groups -OCH3 is 1. The summed E-state index contributed by atoms with van der Waals surface area (Å²) in [4.78, 5) is 23.1. The summed E-state index contributed by atoms with van der Waals surface area (Å²) < 4.78 is 5.17. The average Bonchev–Trinajstić information content (AvgIpc) is 2.37. The van der Waals surface area contributed by atoms with Crippen molar-refractivity contribution in [3.63, 3.8) is 0 Å². The minimum Gasteiger partial charge on any atom is -0.496 e. The van der Waals surface area contributed by atoms with Crippen LogP contribution in [-0.4, -0.2) is 30.1 Å². The molecule has 0 radical (unpaired) electrons. The minimum atomic E-state index is -1.01. The Hall–Kier alpha value is -2.04. The van der Waals surface area contributed by atoms with Gasteiger partial charge in [-0.25, -0.2) is 4.79 Å². The Balaban J connectivity index is 2.68. The molecular weight excluding hydrogens is 258 g/mol. The van der Waals surface area contributed by atoms with Crippen molar-refractivity contribution in [1.29, 1.82) is 0 Å². The third kappa shape index (κ3) is 4.91. The zero-order valence-corrected chi connectivity index (χ0v) is 12.1. The van der Waals surface area contributed by atoms with Crippen molar-refractivity contribution in [1.82, 2.24) is 5.32 Å². The Morgan fingerprint density at radius 1 is 1.30 bits per heavy atom. The fourth-order valence-electron chi connectivity index (χ4n) is 1.96. The van der Waals surface area contributed by atoms with Gasteiger partial charge >= 0.3 is 5.97 Å². The van der Waals surface area contributed by atoms with E-state index >= 15 is 0 Å². The van der Waals surface area contributed by atoms with E-state index in [9.17, 15) is 9.59 Å². The number of benzene rings is 1. The number of hydrogen-bond acceptors (Lipinski definition) is 3. The van der Waals surface area contributed by atoms with E-state index < -0.39 is 12.0 Å². The molecule has 0 fully saturated rings. The molecule has 110 valence electrons. The van der Waals surface area contributed by atoms with Crippen LogP contribution in [-0.2, 0) is 16.0 Å². The lowest BCUT2D eigenvalue weighted by Crippen LogP contribution is -2.42. The number of rotatable bonds is 7. The van der Waals surface area contributed by atoms with Gasteiger partial charge in [-0.3, -0.25) is 4.79 Å². The molecule has 0 aliphatic heterocycles. The van der Waals surface area contributed by atoms with Crippen LogP contribution in [0.4, 0.5) is 0 Å². The van der Waals surface area contributed by atoms with Crippen LogP contribution in [0.5, 0.6) is 5.75 Å². The molecule has 0 saturated carbocycles. The SMILES string of the molecule is COc1ccccc1CC(=O)N[C@H](CC(C)C)C(=O)O. The van der Waals surface area contributed by atoms with Crippen molar-refractivity contribution in [2.45, 2.75) is 32.7 Å². The molecule has 1 amide bonds. The average molecular weight is 279 g/mol. The van der Waals surface area contributed by atoms with Crippen LogP contribution < -0.4 is 10.1 Å². The van der Waals surface area contributed by atoms with E-state index in [1.165, 1.54) is 7.11 Å². The van der Waals surface area contributed by atoms with E-state index in [0.717, 1.165) is 5.56 Å². The molecule has 1 aromatic rings. The first-order valence-electron chi connectivity index (χ1n) is 6.58. The molecule has 0 aliphatic rings. The number of carbonyl (C=O) groups is 2. The van der Waals surface area contributed by atoms with E-state index in [2.05, 4.69) is 5.32 Å². The summed E-state index contributed by atoms with van der Waals surface area (Å²) in [6.45, 7) is 3.84. The largest absolute Gasteiger partial charge is 0.496 e. The predicted molar refractivity (Wildman–Crippen MR) is 75.7 cm³/mol. The standard InChI is InChI=1S/C15H21NO4/c1-10(2)8-12(15(18)19)16-14(17)9-11-6-4-5-7-13(11)20-3/h4-7,10,12H,8-9H2,1-3H3,(H,16,17)(H,18,19)/t12-/m1/s1. The van der Waals surface area contributed by atoms with Crippen molar-refractivity contribution < 1.29 is 19.4 Å². The van der Waals surface area contributed by atoms with Gasteiger partial charge in [0.2, 0.25) is 5.91 Å². The Bertz CT molecular complexity index is 471. The topological polar surface area (TPSA) is 75.6 Å². The number of nitrogens with one attached hydrogen (secondary N) is 1. The lowest BCUT2D eigenvalue weighted by molar-refractivity contribution is -0.142. The maximum Gasteiger partial charge on any atom is 0.326 e. The van der Waals surface area contributed by atoms with E-state index in [0.29, 0.717) is 12.2 Å². The van der Waals surface area contributed by atoms with Crippen molar-refractivity contribution >= 4 is 11.9 Å². The van der Waals surface area contributed by atoms with Crippen molar-refractivity contribution in [3.05, 3.63) is 29.8 Å². The highest BCUT2D eigenvalue weighted by molar-refractivity contribution is 5.85. The number of carbonyl (C=O) groups excluding carboxylic acids is 1. The molecular formula is C15H21NO4. The maximum atomic E-state index is 11.9. The molecule has 0 aliphatic carbocycles. The second kappa shape index (κ2) is 7.53. The van der Waals surface area contributed by atoms with Gasteiger partial charge in [-0.05, 0) is 18.4 Å². The van der Waals surface area contributed by atoms with Crippen LogP contribution in [0.2, 0.25) is 0 Å². The first-order valence-corrected chi connectivity index (χ1v) is 6.58. The number of hydrogen-bond donors (Lipinski definition) is 2. The Kier molecular flexibility index (Phi) is 6.03. The van der Waals surface area contributed by atoms with Crippen LogP contribution in [0, 0.1) is 5.92 Å². The van der Waals surface area contributed by atoms with Crippen molar-refractivity contribution in [3.8, 4) is 5.75 Å². The van der Waals surface area contributed by atoms with Gasteiger partial charge in [0.05, 0.1) is 13.5 Å². The molecule has 0 heterocycles. The maximum absolute atomic E-state index is 11.9. The first-order chi connectivity index (χ1) is 9.43. The molecule has 0 saturated heterocycles. The van der Waals surface area contributed by atoms with E-state index in [4.69, 9.17) is 9.84 Å². The minimum absolute atomic E-state index is 0.103. The number of carboxylic acids is 1. The molecule has 0 bridgehead atoms. The fourth-order valence-corrected chi connectivity index (χ4v) is 1.96. The second-order valence-electron chi connectivity index (χ2n) is 5.08. The molecule has 2 N–H and O–H groups in total. The van der Waals surface area contributed by atoms with Gasteiger partial charge in [0, 0.05) is 5.56 Å². The van der Waals surface area contributed by atoms with Gasteiger partial charge in [0.1, 0.15) is 11.8 Å². The van der Waals surface area contributed by atoms with Gasteiger partial charge in [-0.15, -0.1) is 0 Å². The molecule has 1 rings (SSSR count). The van der Waals surface area contributed by atoms with Crippen LogP contribution in [0.25, 0.3) is 0 Å². The smallest absolute Gasteiger partial charge is 0.326 e. The number of ether oxygens (including phenoxy) is 1. The van der Waals surface area contributed by atoms with Gasteiger partial charge in [0.25, 0.3) is 0 Å². The number of amides is 1. The van der Waals surface area contributed by atoms with Crippen LogP contribution in [0.15, 0.2) is 24.3 Å². The molecule has 0 aromatic heterocycles. The van der Waals surface area contributed by atoms with Crippen LogP contribution in [0.1, 0.15) is 25.8 Å². The van der Waals surface area contributed by atoms with Gasteiger partial charge in [-0.1, -0.05) is 32.0 Å². The summed E-state index contributed by atoms with van der Waals surface area (Å²) >= 11 is 0. The third-order valence-corrected chi connectivity index (χ3v) is 2.88. The highest BCUT2D eigenvalue weighted by atomic mass is 16.5. The van der Waals surface area contributed by atoms with E-state index in [-0.39, 0.29) is 18.2 Å². The predicted octanol–water partition coefficient (Wildman–Crippen LogP) is 1.85. The number of aliphatic carboxylic acids is 1. The Morgan fingerprint density at radius 3 is 2.50 bits per heavy atom. The second-order valence-corrected chi connectivity index (χ2v) is 5.08. The summed E-state index contributed by atoms with van der Waals surface area (Å²) in [7, 11) is 1.54. The quantitative estimate of drug-likeness (QED) is 0.798. The zero-order chi connectivity index (χ0) is 15.1. The Labute approximate surface area is 118 Å². The van der Waals surface area contributed by atoms with E-state index in [1.54, 1.807) is 12.1 Å². The highest BCUT2D eigenvalue weighted by Gasteiger charge is 2.21. The monoisotopic (exact) mass is 279 g/mol. The van der Waals surface area contributed by atoms with Gasteiger partial charge in [0.15, 0.2) is 0 Å². The third-order valence-electron chi connectivity index (χ3n) is 2.88. The van der Waals surface area contributed by atoms with Gasteiger partial charge in [-0.2, -0.15) is 0 Å². The molecule has 0 spiro atoms. The molecule has 20 heavy (non-hydrogen) atoms. The summed E-state index contributed by atoms with van der Waals surface area (Å²) in [6, 6.07) is 6.34. The summed E-state index contributed by atoms with van der Waals surface area (Å²) in [5.74, 6) is -0.504. The lowest BCUT2D eigenvalue weighted by atomic mass is 10.0. The van der Waals surface area contributed by atoms with Crippen molar-refractivity contribution in [2.75, 3.05) is 7.11 Å². The van der Waals surface area contributed by atoms with E-state index in [1.807, 2.05) is 26.0 Å². The molecule has 1 aromatic carbocycles. The fraction of sp³-hybridized carbons (Fsp3) is 0.467. The summed E-state index contributed by atoms with van der Waals surface area (Å²) in [5, 5.41) is 11.7. The molecule has 5 heteroatoms. The first kappa shape index (κ1) is 16.0. The van der Waals surface area contributed by atoms with Crippen LogP contribution >= 0.6 is 0 Å². The van der Waals surface area contributed by atoms with Crippen LogP contribution in [0.3, 0.4) is 0 Å². The number of para-hydroxylation sites is 1. The van der Waals surface area contributed by atoms with Crippen molar-refractivity contribution in [2.24, 2.45) is 5.92 Å². The lowest BCUT2D eigenvalue weighted by Gasteiger charge is -2.17. The molecule has 1 atom stereocenters. The summed E-state index contributed by atoms with van der Waals surface area (Å²) in [6.07, 6.45) is 0.513. The molecule has 5 nitrogen and oxygen atoms in total. The Morgan fingerprint density at radius 2 is 1.95 bits per heavy atom. The number of carboxylic acid groups (broad SMARTS) is 1. The van der Waals surface area contributed by atoms with Gasteiger partial charge < -0.3 is 15.2 Å². The highest BCUT2D eigenvalue weighted by Crippen LogP contribution is 2.17. The summed E-state index contributed by atoms with van der Waals surface area (Å²) in [5.41, 5.74) is 0.737. The zero-order valence-electron chi connectivity index (χ0n) is 12.1. The normalized spacial score (nSPS) is 12.0. The molecule has 0 unspecified atom stereocenters.